The molecule has 0 aromatic heterocycles. The van der Waals surface area contributed by atoms with E-state index in [1.165, 1.54) is 12.1 Å². The molecule has 20 heavy (non-hydrogen) atoms. The number of hydrogen-bond acceptors (Lipinski definition) is 3. The molecule has 1 amide bonds. The molecule has 0 atom stereocenters. The van der Waals surface area contributed by atoms with Crippen molar-refractivity contribution in [2.24, 2.45) is 0 Å². The fourth-order valence-corrected chi connectivity index (χ4v) is 1.60. The molecule has 0 spiro atoms. The smallest absolute Gasteiger partial charge is 0.336 e. The zero-order chi connectivity index (χ0) is 15.0. The van der Waals surface area contributed by atoms with Crippen molar-refractivity contribution in [3.8, 4) is 6.07 Å². The molecular weight excluding hydrogens is 256 g/mol. The number of hydrogen-bond donors (Lipinski definition) is 2. The number of rotatable bonds is 6. The molecule has 5 nitrogen and oxygen atoms in total. The Bertz CT molecular complexity index is 571. The van der Waals surface area contributed by atoms with Crippen molar-refractivity contribution in [1.82, 2.24) is 5.32 Å². The Kier molecular flexibility index (Phi) is 5.98. The van der Waals surface area contributed by atoms with E-state index in [0.29, 0.717) is 12.1 Å². The number of nitriles is 1. The highest BCUT2D eigenvalue weighted by molar-refractivity contribution is 6.03. The largest absolute Gasteiger partial charge is 0.478 e. The maximum atomic E-state index is 11.8. The number of carboxylic acids is 1. The van der Waals surface area contributed by atoms with Crippen molar-refractivity contribution in [1.29, 1.82) is 5.26 Å². The normalized spacial score (nSPS) is 10.7. The summed E-state index contributed by atoms with van der Waals surface area (Å²) in [5, 5.41) is 20.7. The lowest BCUT2D eigenvalue weighted by atomic mass is 10.0. The summed E-state index contributed by atoms with van der Waals surface area (Å²) < 4.78 is 0. The second kappa shape index (κ2) is 7.74. The number of amides is 1. The maximum absolute atomic E-state index is 11.8. The fourth-order valence-electron chi connectivity index (χ4n) is 1.60. The minimum absolute atomic E-state index is 0.0570. The average Bonchev–Trinajstić information content (AvgIpc) is 2.45. The van der Waals surface area contributed by atoms with Crippen molar-refractivity contribution >= 4 is 18.0 Å². The van der Waals surface area contributed by atoms with Crippen LogP contribution in [0.15, 0.2) is 29.8 Å². The molecule has 1 aromatic rings. The fraction of sp³-hybridized carbons (Fsp3) is 0.267. The van der Waals surface area contributed by atoms with Gasteiger partial charge in [-0.25, -0.2) is 4.79 Å². The summed E-state index contributed by atoms with van der Waals surface area (Å²) in [5.41, 5.74) is 0.290. The second-order valence-corrected chi connectivity index (χ2v) is 4.17. The van der Waals surface area contributed by atoms with Gasteiger partial charge in [0.1, 0.15) is 11.6 Å². The van der Waals surface area contributed by atoms with Crippen LogP contribution in [0.4, 0.5) is 0 Å². The molecule has 0 saturated carbocycles. The summed E-state index contributed by atoms with van der Waals surface area (Å²) in [5.74, 6) is -1.58. The second-order valence-electron chi connectivity index (χ2n) is 4.17. The standard InChI is InChI=1S/C15H16N2O3/c1-2-3-8-17-14(18)12(10-16)9-11-6-4-5-7-13(11)15(19)20/h4-7,9H,2-3,8H2,1H3,(H,17,18)(H,19,20)/b12-9-. The van der Waals surface area contributed by atoms with Crippen LogP contribution in [0.5, 0.6) is 0 Å². The van der Waals surface area contributed by atoms with Crippen LogP contribution in [-0.2, 0) is 4.79 Å². The van der Waals surface area contributed by atoms with Gasteiger partial charge in [0.2, 0.25) is 0 Å². The van der Waals surface area contributed by atoms with Crippen molar-refractivity contribution in [2.75, 3.05) is 6.54 Å². The van der Waals surface area contributed by atoms with Crippen LogP contribution >= 0.6 is 0 Å². The summed E-state index contributed by atoms with van der Waals surface area (Å²) >= 11 is 0. The highest BCUT2D eigenvalue weighted by atomic mass is 16.4. The predicted molar refractivity (Wildman–Crippen MR) is 74.9 cm³/mol. The molecule has 0 unspecified atom stereocenters. The summed E-state index contributed by atoms with van der Waals surface area (Å²) in [6, 6.07) is 8.03. The Morgan fingerprint density at radius 1 is 1.40 bits per heavy atom. The zero-order valence-corrected chi connectivity index (χ0v) is 11.2. The minimum Gasteiger partial charge on any atom is -0.478 e. The number of benzene rings is 1. The molecule has 1 rings (SSSR count). The first-order valence-corrected chi connectivity index (χ1v) is 6.32. The highest BCUT2D eigenvalue weighted by Crippen LogP contribution is 2.13. The minimum atomic E-state index is -1.10. The number of carbonyl (C=O) groups excluding carboxylic acids is 1. The van der Waals surface area contributed by atoms with E-state index < -0.39 is 11.9 Å². The lowest BCUT2D eigenvalue weighted by molar-refractivity contribution is -0.117. The van der Waals surface area contributed by atoms with Gasteiger partial charge < -0.3 is 10.4 Å². The number of carbonyl (C=O) groups is 2. The van der Waals surface area contributed by atoms with E-state index in [2.05, 4.69) is 5.32 Å². The number of unbranched alkanes of at least 4 members (excludes halogenated alkanes) is 1. The topological polar surface area (TPSA) is 90.2 Å². The SMILES string of the molecule is CCCCNC(=O)/C(C#N)=C\c1ccccc1C(=O)O. The Hall–Kier alpha value is -2.61. The third-order valence-corrected chi connectivity index (χ3v) is 2.67. The van der Waals surface area contributed by atoms with Gasteiger partial charge in [-0.15, -0.1) is 0 Å². The number of nitrogens with zero attached hydrogens (tertiary/aromatic N) is 1. The van der Waals surface area contributed by atoms with Gasteiger partial charge in [-0.3, -0.25) is 4.79 Å². The molecule has 0 radical (unpaired) electrons. The van der Waals surface area contributed by atoms with Gasteiger partial charge >= 0.3 is 5.97 Å². The van der Waals surface area contributed by atoms with E-state index in [1.807, 2.05) is 6.92 Å². The molecule has 0 saturated heterocycles. The van der Waals surface area contributed by atoms with Crippen LogP contribution in [0.1, 0.15) is 35.7 Å². The lowest BCUT2D eigenvalue weighted by Crippen LogP contribution is -2.25. The van der Waals surface area contributed by atoms with E-state index in [1.54, 1.807) is 24.3 Å². The van der Waals surface area contributed by atoms with Crippen LogP contribution in [0.3, 0.4) is 0 Å². The molecule has 1 aromatic carbocycles. The number of aromatic carboxylic acids is 1. The van der Waals surface area contributed by atoms with Crippen LogP contribution in [-0.4, -0.2) is 23.5 Å². The monoisotopic (exact) mass is 272 g/mol. The maximum Gasteiger partial charge on any atom is 0.336 e. The third-order valence-electron chi connectivity index (χ3n) is 2.67. The van der Waals surface area contributed by atoms with Gasteiger partial charge in [0.05, 0.1) is 5.56 Å². The summed E-state index contributed by atoms with van der Waals surface area (Å²) in [6.45, 7) is 2.49. The number of carboxylic acid groups (broad SMARTS) is 1. The molecule has 0 fully saturated rings. The Balaban J connectivity index is 2.98. The van der Waals surface area contributed by atoms with Gasteiger partial charge in [0, 0.05) is 6.54 Å². The molecule has 0 heterocycles. The first kappa shape index (κ1) is 15.4. The van der Waals surface area contributed by atoms with E-state index >= 15 is 0 Å². The average molecular weight is 272 g/mol. The third kappa shape index (κ3) is 4.25. The van der Waals surface area contributed by atoms with E-state index in [4.69, 9.17) is 10.4 Å². The van der Waals surface area contributed by atoms with Gasteiger partial charge in [-0.05, 0) is 24.1 Å². The molecule has 0 bridgehead atoms. The van der Waals surface area contributed by atoms with Crippen LogP contribution in [0.2, 0.25) is 0 Å². The van der Waals surface area contributed by atoms with Gasteiger partial charge in [-0.1, -0.05) is 31.5 Å². The molecule has 0 aliphatic rings. The van der Waals surface area contributed by atoms with Gasteiger partial charge in [0.15, 0.2) is 0 Å². The summed E-state index contributed by atoms with van der Waals surface area (Å²) in [4.78, 5) is 22.8. The van der Waals surface area contributed by atoms with E-state index in [0.717, 1.165) is 12.8 Å². The van der Waals surface area contributed by atoms with Crippen molar-refractivity contribution in [3.05, 3.63) is 41.0 Å². The van der Waals surface area contributed by atoms with Crippen LogP contribution in [0, 0.1) is 11.3 Å². The Morgan fingerprint density at radius 2 is 2.10 bits per heavy atom. The van der Waals surface area contributed by atoms with E-state index in [9.17, 15) is 9.59 Å². The lowest BCUT2D eigenvalue weighted by Gasteiger charge is -2.04. The quantitative estimate of drug-likeness (QED) is 0.472. The van der Waals surface area contributed by atoms with Crippen molar-refractivity contribution in [2.45, 2.75) is 19.8 Å². The highest BCUT2D eigenvalue weighted by Gasteiger charge is 2.12. The van der Waals surface area contributed by atoms with Crippen molar-refractivity contribution in [3.63, 3.8) is 0 Å². The predicted octanol–water partition coefficient (Wildman–Crippen LogP) is 2.21. The Morgan fingerprint density at radius 3 is 2.70 bits per heavy atom. The molecule has 5 heteroatoms. The van der Waals surface area contributed by atoms with E-state index in [-0.39, 0.29) is 11.1 Å². The van der Waals surface area contributed by atoms with Crippen LogP contribution in [0.25, 0.3) is 6.08 Å². The van der Waals surface area contributed by atoms with Gasteiger partial charge in [-0.2, -0.15) is 5.26 Å². The number of nitrogens with one attached hydrogen (secondary N) is 1. The molecule has 0 aliphatic carbocycles. The van der Waals surface area contributed by atoms with Crippen molar-refractivity contribution < 1.29 is 14.7 Å². The molecule has 2 N–H and O–H groups in total. The first-order valence-electron chi connectivity index (χ1n) is 6.32. The van der Waals surface area contributed by atoms with Crippen LogP contribution < -0.4 is 5.32 Å². The Labute approximate surface area is 117 Å². The first-order chi connectivity index (χ1) is 9.60. The summed E-state index contributed by atoms with van der Waals surface area (Å²) in [6.07, 6.45) is 3.06. The molecular formula is C15H16N2O3. The van der Waals surface area contributed by atoms with Gasteiger partial charge in [0.25, 0.3) is 5.91 Å². The molecule has 0 aliphatic heterocycles. The zero-order valence-electron chi connectivity index (χ0n) is 11.2. The molecule has 104 valence electrons. The summed E-state index contributed by atoms with van der Waals surface area (Å²) in [7, 11) is 0.